The van der Waals surface area contributed by atoms with Crippen molar-refractivity contribution in [2.75, 3.05) is 0 Å². The molecule has 0 amide bonds. The minimum Gasteiger partial charge on any atom is -0.304 e. The maximum absolute atomic E-state index is 12.7. The minimum atomic E-state index is -0.303. The van der Waals surface area contributed by atoms with E-state index in [0.717, 1.165) is 16.7 Å². The lowest BCUT2D eigenvalue weighted by Crippen LogP contribution is -2.18. The van der Waals surface area contributed by atoms with Gasteiger partial charge in [-0.2, -0.15) is 0 Å². The number of rotatable bonds is 4. The monoisotopic (exact) mass is 314 g/mol. The fraction of sp³-hybridized carbons (Fsp3) is 0.250. The summed E-state index contributed by atoms with van der Waals surface area (Å²) in [6.07, 6.45) is 1.25. The van der Waals surface area contributed by atoms with E-state index >= 15 is 0 Å². The quantitative estimate of drug-likeness (QED) is 0.926. The lowest BCUT2D eigenvalue weighted by molar-refractivity contribution is 0.557. The molecule has 0 aromatic carbocycles. The molecule has 0 aliphatic heterocycles. The molecule has 2 heterocycles. The van der Waals surface area contributed by atoms with Crippen LogP contribution in [0.4, 0.5) is 4.39 Å². The Morgan fingerprint density at radius 1 is 1.53 bits per heavy atom. The van der Waals surface area contributed by atoms with E-state index in [1.54, 1.807) is 17.4 Å². The van der Waals surface area contributed by atoms with Crippen molar-refractivity contribution in [3.63, 3.8) is 0 Å². The van der Waals surface area contributed by atoms with Crippen molar-refractivity contribution in [1.29, 1.82) is 0 Å². The van der Waals surface area contributed by atoms with Gasteiger partial charge in [-0.3, -0.25) is 4.98 Å². The summed E-state index contributed by atoms with van der Waals surface area (Å²) < 4.78 is 13.8. The third kappa shape index (κ3) is 3.59. The average Bonchev–Trinajstić information content (AvgIpc) is 2.73. The van der Waals surface area contributed by atoms with Crippen molar-refractivity contribution in [1.82, 2.24) is 10.3 Å². The molecule has 90 valence electrons. The zero-order chi connectivity index (χ0) is 12.3. The highest BCUT2D eigenvalue weighted by Crippen LogP contribution is 2.20. The zero-order valence-electron chi connectivity index (χ0n) is 9.28. The number of aromatic nitrogens is 1. The van der Waals surface area contributed by atoms with E-state index in [2.05, 4.69) is 37.7 Å². The average molecular weight is 315 g/mol. The van der Waals surface area contributed by atoms with Crippen molar-refractivity contribution < 1.29 is 4.39 Å². The largest absolute Gasteiger partial charge is 0.304 e. The van der Waals surface area contributed by atoms with E-state index in [1.807, 2.05) is 6.92 Å². The van der Waals surface area contributed by atoms with Crippen LogP contribution >= 0.6 is 27.3 Å². The van der Waals surface area contributed by atoms with Crippen LogP contribution in [0.15, 0.2) is 34.2 Å². The zero-order valence-corrected chi connectivity index (χ0v) is 11.7. The molecule has 2 nitrogen and oxygen atoms in total. The molecule has 1 unspecified atom stereocenters. The van der Waals surface area contributed by atoms with Crippen LogP contribution in [0.5, 0.6) is 0 Å². The molecule has 2 rings (SSSR count). The normalized spacial score (nSPS) is 12.6. The Bertz CT molecular complexity index is 484. The number of thiophene rings is 1. The smallest absolute Gasteiger partial charge is 0.141 e. The van der Waals surface area contributed by atoms with Crippen LogP contribution < -0.4 is 5.32 Å². The van der Waals surface area contributed by atoms with Crippen molar-refractivity contribution >= 4 is 27.3 Å². The van der Waals surface area contributed by atoms with Crippen LogP contribution in [0.25, 0.3) is 0 Å². The molecule has 5 heteroatoms. The first kappa shape index (κ1) is 12.7. The summed E-state index contributed by atoms with van der Waals surface area (Å²) in [6, 6.07) is 5.33. The molecule has 0 aliphatic rings. The van der Waals surface area contributed by atoms with E-state index in [1.165, 1.54) is 17.1 Å². The highest BCUT2D eigenvalue weighted by molar-refractivity contribution is 9.10. The summed E-state index contributed by atoms with van der Waals surface area (Å²) in [7, 11) is 0. The van der Waals surface area contributed by atoms with Gasteiger partial charge in [0, 0.05) is 27.3 Å². The molecule has 0 aliphatic carbocycles. The molecule has 1 N–H and O–H groups in total. The van der Waals surface area contributed by atoms with Crippen molar-refractivity contribution in [3.8, 4) is 0 Å². The summed E-state index contributed by atoms with van der Waals surface area (Å²) in [6.45, 7) is 2.80. The van der Waals surface area contributed by atoms with Gasteiger partial charge in [0.15, 0.2) is 0 Å². The fourth-order valence-electron chi connectivity index (χ4n) is 1.45. The topological polar surface area (TPSA) is 24.9 Å². The van der Waals surface area contributed by atoms with Crippen molar-refractivity contribution in [2.45, 2.75) is 19.5 Å². The molecule has 0 bridgehead atoms. The third-order valence-corrected chi connectivity index (χ3v) is 4.10. The molecular weight excluding hydrogens is 303 g/mol. The van der Waals surface area contributed by atoms with E-state index in [0.29, 0.717) is 0 Å². The van der Waals surface area contributed by atoms with Gasteiger partial charge in [-0.1, -0.05) is 0 Å². The fourth-order valence-corrected chi connectivity index (χ4v) is 2.85. The minimum absolute atomic E-state index is 0.108. The van der Waals surface area contributed by atoms with Gasteiger partial charge >= 0.3 is 0 Å². The molecule has 17 heavy (non-hydrogen) atoms. The molecule has 0 radical (unpaired) electrons. The molecule has 1 atom stereocenters. The molecule has 0 spiro atoms. The second-order valence-electron chi connectivity index (χ2n) is 3.74. The van der Waals surface area contributed by atoms with Gasteiger partial charge in [-0.15, -0.1) is 11.3 Å². The second kappa shape index (κ2) is 5.71. The van der Waals surface area contributed by atoms with E-state index < -0.39 is 0 Å². The maximum atomic E-state index is 12.7. The van der Waals surface area contributed by atoms with E-state index in [4.69, 9.17) is 0 Å². The lowest BCUT2D eigenvalue weighted by Gasteiger charge is -2.12. The van der Waals surface area contributed by atoms with Crippen LogP contribution in [-0.4, -0.2) is 4.98 Å². The first-order valence-corrected chi connectivity index (χ1v) is 6.90. The van der Waals surface area contributed by atoms with E-state index in [-0.39, 0.29) is 11.9 Å². The Hall–Kier alpha value is -0.780. The predicted octanol–water partition coefficient (Wildman–Crippen LogP) is 3.90. The molecule has 0 fully saturated rings. The van der Waals surface area contributed by atoms with Crippen LogP contribution in [0.1, 0.15) is 23.5 Å². The summed E-state index contributed by atoms with van der Waals surface area (Å²) in [5, 5.41) is 5.41. The Labute approximate surface area is 112 Å². The van der Waals surface area contributed by atoms with Gasteiger partial charge < -0.3 is 5.32 Å². The SMILES string of the molecule is CC(NCc1cc(Br)cs1)c1ccc(F)cn1. The van der Waals surface area contributed by atoms with Gasteiger partial charge in [-0.05, 0) is 41.1 Å². The molecule has 2 aromatic heterocycles. The number of hydrogen-bond donors (Lipinski definition) is 1. The first-order chi connectivity index (χ1) is 8.15. The molecule has 0 saturated carbocycles. The van der Waals surface area contributed by atoms with Gasteiger partial charge in [0.05, 0.1) is 11.9 Å². The number of hydrogen-bond acceptors (Lipinski definition) is 3. The Balaban J connectivity index is 1.93. The molecule has 0 saturated heterocycles. The van der Waals surface area contributed by atoms with Gasteiger partial charge in [0.2, 0.25) is 0 Å². The van der Waals surface area contributed by atoms with E-state index in [9.17, 15) is 4.39 Å². The summed E-state index contributed by atoms with van der Waals surface area (Å²) in [5.41, 5.74) is 0.849. The van der Waals surface area contributed by atoms with Gasteiger partial charge in [0.25, 0.3) is 0 Å². The number of pyridine rings is 1. The van der Waals surface area contributed by atoms with Crippen molar-refractivity contribution in [2.24, 2.45) is 0 Å². The van der Waals surface area contributed by atoms with Crippen LogP contribution in [-0.2, 0) is 6.54 Å². The predicted molar refractivity (Wildman–Crippen MR) is 71.5 cm³/mol. The Kier molecular flexibility index (Phi) is 4.25. The summed E-state index contributed by atoms with van der Waals surface area (Å²) in [4.78, 5) is 5.31. The Morgan fingerprint density at radius 3 is 2.94 bits per heavy atom. The standard InChI is InChI=1S/C12H12BrFN2S/c1-8(12-3-2-10(14)5-16-12)15-6-11-4-9(13)7-17-11/h2-5,7-8,15H,6H2,1H3. The molecule has 2 aromatic rings. The van der Waals surface area contributed by atoms with Gasteiger partial charge in [-0.25, -0.2) is 4.39 Å². The summed E-state index contributed by atoms with van der Waals surface area (Å²) >= 11 is 5.12. The molecular formula is C12H12BrFN2S. The maximum Gasteiger partial charge on any atom is 0.141 e. The first-order valence-electron chi connectivity index (χ1n) is 5.23. The third-order valence-electron chi connectivity index (χ3n) is 2.40. The van der Waals surface area contributed by atoms with Gasteiger partial charge in [0.1, 0.15) is 5.82 Å². The highest BCUT2D eigenvalue weighted by atomic mass is 79.9. The van der Waals surface area contributed by atoms with Crippen molar-refractivity contribution in [3.05, 3.63) is 50.6 Å². The van der Waals surface area contributed by atoms with Crippen LogP contribution in [0.2, 0.25) is 0 Å². The Morgan fingerprint density at radius 2 is 2.35 bits per heavy atom. The number of nitrogens with one attached hydrogen (secondary N) is 1. The second-order valence-corrected chi connectivity index (χ2v) is 5.65. The number of nitrogens with zero attached hydrogens (tertiary/aromatic N) is 1. The lowest BCUT2D eigenvalue weighted by atomic mass is 10.2. The van der Waals surface area contributed by atoms with Crippen LogP contribution in [0.3, 0.4) is 0 Å². The van der Waals surface area contributed by atoms with Crippen LogP contribution in [0, 0.1) is 5.82 Å². The number of halogens is 2. The highest BCUT2D eigenvalue weighted by Gasteiger charge is 2.07. The summed E-state index contributed by atoms with van der Waals surface area (Å²) in [5.74, 6) is -0.303.